The van der Waals surface area contributed by atoms with E-state index in [9.17, 15) is 4.79 Å². The molecule has 4 nitrogen and oxygen atoms in total. The van der Waals surface area contributed by atoms with Gasteiger partial charge in [-0.1, -0.05) is 35.9 Å². The zero-order chi connectivity index (χ0) is 17.2. The monoisotopic (exact) mass is 331 g/mol. The van der Waals surface area contributed by atoms with Gasteiger partial charge in [-0.15, -0.1) is 0 Å². The number of amides is 1. The number of aryl methyl sites for hydroxylation is 1. The van der Waals surface area contributed by atoms with Crippen molar-refractivity contribution in [2.45, 2.75) is 6.92 Å². The first-order valence-electron chi connectivity index (χ1n) is 8.67. The first-order valence-corrected chi connectivity index (χ1v) is 8.67. The van der Waals surface area contributed by atoms with Gasteiger partial charge >= 0.3 is 0 Å². The molecule has 4 heteroatoms. The Kier molecular flexibility index (Phi) is 4.10. The molecule has 0 aliphatic carbocycles. The number of aromatic nitrogens is 1. The minimum Gasteiger partial charge on any atom is -0.353 e. The Morgan fingerprint density at radius 1 is 0.880 bits per heavy atom. The molecule has 1 amide bonds. The minimum absolute atomic E-state index is 0.117. The van der Waals surface area contributed by atoms with E-state index in [-0.39, 0.29) is 5.91 Å². The highest BCUT2D eigenvalue weighted by Gasteiger charge is 2.22. The largest absolute Gasteiger partial charge is 0.353 e. The number of carbonyl (C=O) groups is 1. The maximum atomic E-state index is 12.6. The van der Waals surface area contributed by atoms with Crippen LogP contribution in [0.4, 0.5) is 5.82 Å². The van der Waals surface area contributed by atoms with Crippen LogP contribution in [0.2, 0.25) is 0 Å². The van der Waals surface area contributed by atoms with Crippen molar-refractivity contribution in [3.63, 3.8) is 0 Å². The van der Waals surface area contributed by atoms with E-state index in [0.717, 1.165) is 48.5 Å². The summed E-state index contributed by atoms with van der Waals surface area (Å²) in [7, 11) is 0. The Balaban J connectivity index is 1.45. The van der Waals surface area contributed by atoms with Crippen LogP contribution in [0.1, 0.15) is 15.9 Å². The highest BCUT2D eigenvalue weighted by atomic mass is 16.2. The Labute approximate surface area is 147 Å². The van der Waals surface area contributed by atoms with Gasteiger partial charge in [0.25, 0.3) is 5.91 Å². The van der Waals surface area contributed by atoms with Crippen molar-refractivity contribution in [3.05, 3.63) is 71.8 Å². The Hall–Kier alpha value is -2.88. The third-order valence-electron chi connectivity index (χ3n) is 4.77. The summed E-state index contributed by atoms with van der Waals surface area (Å²) in [6.07, 6.45) is 0. The molecule has 4 rings (SSSR count). The second-order valence-electron chi connectivity index (χ2n) is 6.51. The fraction of sp³-hybridized carbons (Fsp3) is 0.238. The molecule has 0 N–H and O–H groups in total. The summed E-state index contributed by atoms with van der Waals surface area (Å²) in [5, 5.41) is 1.15. The summed E-state index contributed by atoms with van der Waals surface area (Å²) in [6.45, 7) is 5.10. The van der Waals surface area contributed by atoms with Crippen LogP contribution in [0.3, 0.4) is 0 Å². The molecule has 0 radical (unpaired) electrons. The van der Waals surface area contributed by atoms with Gasteiger partial charge in [-0.05, 0) is 37.3 Å². The number of carbonyl (C=O) groups excluding carboxylic acids is 1. The van der Waals surface area contributed by atoms with Crippen LogP contribution in [-0.4, -0.2) is 42.0 Å². The van der Waals surface area contributed by atoms with Gasteiger partial charge in [0.2, 0.25) is 0 Å². The molecular formula is C21H21N3O. The van der Waals surface area contributed by atoms with Crippen molar-refractivity contribution in [1.82, 2.24) is 9.88 Å². The summed E-state index contributed by atoms with van der Waals surface area (Å²) >= 11 is 0. The highest BCUT2D eigenvalue weighted by Crippen LogP contribution is 2.20. The number of benzene rings is 2. The molecule has 0 atom stereocenters. The molecule has 3 aromatic rings. The van der Waals surface area contributed by atoms with Gasteiger partial charge in [0.05, 0.1) is 5.52 Å². The molecule has 0 spiro atoms. The molecule has 0 bridgehead atoms. The maximum absolute atomic E-state index is 12.6. The lowest BCUT2D eigenvalue weighted by molar-refractivity contribution is 0.0746. The number of fused-ring (bicyclic) bond motifs is 1. The smallest absolute Gasteiger partial charge is 0.253 e. The van der Waals surface area contributed by atoms with Crippen molar-refractivity contribution in [3.8, 4) is 0 Å². The number of hydrogen-bond donors (Lipinski definition) is 0. The Morgan fingerprint density at radius 3 is 2.36 bits per heavy atom. The SMILES string of the molecule is Cc1ccc(C(=O)N2CCN(c3ccc4ccccc4n3)CC2)cc1. The van der Waals surface area contributed by atoms with Gasteiger partial charge in [-0.2, -0.15) is 0 Å². The molecule has 0 saturated carbocycles. The molecule has 2 aromatic carbocycles. The fourth-order valence-electron chi connectivity index (χ4n) is 3.25. The molecule has 1 fully saturated rings. The van der Waals surface area contributed by atoms with Crippen LogP contribution in [0, 0.1) is 6.92 Å². The van der Waals surface area contributed by atoms with Gasteiger partial charge in [-0.3, -0.25) is 4.79 Å². The van der Waals surface area contributed by atoms with E-state index in [2.05, 4.69) is 23.1 Å². The predicted molar refractivity (Wildman–Crippen MR) is 101 cm³/mol. The lowest BCUT2D eigenvalue weighted by atomic mass is 10.1. The van der Waals surface area contributed by atoms with E-state index in [0.29, 0.717) is 0 Å². The van der Waals surface area contributed by atoms with Crippen molar-refractivity contribution in [2.24, 2.45) is 0 Å². The van der Waals surface area contributed by atoms with Crippen molar-refractivity contribution >= 4 is 22.6 Å². The van der Waals surface area contributed by atoms with E-state index in [1.54, 1.807) is 0 Å². The number of para-hydroxylation sites is 1. The second kappa shape index (κ2) is 6.55. The second-order valence-corrected chi connectivity index (χ2v) is 6.51. The number of anilines is 1. The molecule has 25 heavy (non-hydrogen) atoms. The van der Waals surface area contributed by atoms with Gasteiger partial charge in [0.15, 0.2) is 0 Å². The Bertz CT molecular complexity index is 896. The summed E-state index contributed by atoms with van der Waals surface area (Å²) in [5.74, 6) is 1.10. The quantitative estimate of drug-likeness (QED) is 0.721. The summed E-state index contributed by atoms with van der Waals surface area (Å²) in [4.78, 5) is 21.6. The molecule has 0 unspecified atom stereocenters. The molecular weight excluding hydrogens is 310 g/mol. The zero-order valence-corrected chi connectivity index (χ0v) is 14.4. The zero-order valence-electron chi connectivity index (χ0n) is 14.4. The van der Waals surface area contributed by atoms with Crippen LogP contribution in [-0.2, 0) is 0 Å². The van der Waals surface area contributed by atoms with E-state index < -0.39 is 0 Å². The third kappa shape index (κ3) is 3.20. The van der Waals surface area contributed by atoms with Gasteiger partial charge in [0, 0.05) is 37.1 Å². The van der Waals surface area contributed by atoms with E-state index in [1.807, 2.05) is 54.3 Å². The van der Waals surface area contributed by atoms with Crippen LogP contribution in [0.15, 0.2) is 60.7 Å². The van der Waals surface area contributed by atoms with Gasteiger partial charge in [0.1, 0.15) is 5.82 Å². The highest BCUT2D eigenvalue weighted by molar-refractivity contribution is 5.94. The molecule has 1 aromatic heterocycles. The minimum atomic E-state index is 0.117. The molecule has 1 saturated heterocycles. The third-order valence-corrected chi connectivity index (χ3v) is 4.77. The first kappa shape index (κ1) is 15.6. The van der Waals surface area contributed by atoms with E-state index in [1.165, 1.54) is 5.56 Å². The number of hydrogen-bond acceptors (Lipinski definition) is 3. The first-order chi connectivity index (χ1) is 12.2. The fourth-order valence-corrected chi connectivity index (χ4v) is 3.25. The summed E-state index contributed by atoms with van der Waals surface area (Å²) in [6, 6.07) is 20.1. The van der Waals surface area contributed by atoms with Crippen molar-refractivity contribution in [2.75, 3.05) is 31.1 Å². The molecule has 1 aliphatic rings. The normalized spacial score (nSPS) is 14.8. The van der Waals surface area contributed by atoms with E-state index in [4.69, 9.17) is 4.98 Å². The number of pyridine rings is 1. The van der Waals surface area contributed by atoms with Crippen LogP contribution < -0.4 is 4.90 Å². The maximum Gasteiger partial charge on any atom is 0.253 e. The lowest BCUT2D eigenvalue weighted by Gasteiger charge is -2.35. The predicted octanol–water partition coefficient (Wildman–Crippen LogP) is 3.51. The summed E-state index contributed by atoms with van der Waals surface area (Å²) in [5.41, 5.74) is 2.95. The molecule has 1 aliphatic heterocycles. The number of rotatable bonds is 2. The van der Waals surface area contributed by atoms with Crippen LogP contribution >= 0.6 is 0 Å². The lowest BCUT2D eigenvalue weighted by Crippen LogP contribution is -2.49. The van der Waals surface area contributed by atoms with Crippen LogP contribution in [0.25, 0.3) is 10.9 Å². The van der Waals surface area contributed by atoms with E-state index >= 15 is 0 Å². The van der Waals surface area contributed by atoms with Gasteiger partial charge in [-0.25, -0.2) is 4.98 Å². The standard InChI is InChI=1S/C21H21N3O/c1-16-6-8-18(9-7-16)21(25)24-14-12-23(13-15-24)20-11-10-17-4-2-3-5-19(17)22-20/h2-11H,12-15H2,1H3. The number of nitrogens with zero attached hydrogens (tertiary/aromatic N) is 3. The van der Waals surface area contributed by atoms with Gasteiger partial charge < -0.3 is 9.80 Å². The Morgan fingerprint density at radius 2 is 1.60 bits per heavy atom. The van der Waals surface area contributed by atoms with Crippen molar-refractivity contribution in [1.29, 1.82) is 0 Å². The topological polar surface area (TPSA) is 36.4 Å². The van der Waals surface area contributed by atoms with Crippen molar-refractivity contribution < 1.29 is 4.79 Å². The number of piperazine rings is 1. The summed E-state index contributed by atoms with van der Waals surface area (Å²) < 4.78 is 0. The van der Waals surface area contributed by atoms with Crippen LogP contribution in [0.5, 0.6) is 0 Å². The average Bonchev–Trinajstić information content (AvgIpc) is 2.68. The molecule has 126 valence electrons. The molecule has 2 heterocycles. The average molecular weight is 331 g/mol.